The molecule has 0 unspecified atom stereocenters. The molecular formula is C17H29N5O3. The molecule has 25 heavy (non-hydrogen) atoms. The molecule has 1 aliphatic heterocycles. The second-order valence-corrected chi connectivity index (χ2v) is 6.10. The standard InChI is InChI=1S/C17H29N5O3/c1-4-25-17(23)22-9-6-14(7-10-22)20-16-19-13(2)12-15(21-16)18-8-5-11-24-3/h12,14H,4-11H2,1-3H3,(H2,18,19,20,21). The van der Waals surface area contributed by atoms with Crippen molar-refractivity contribution in [1.82, 2.24) is 14.9 Å². The number of likely N-dealkylation sites (tertiary alicyclic amines) is 1. The van der Waals surface area contributed by atoms with Gasteiger partial charge in [0.2, 0.25) is 5.95 Å². The molecule has 0 spiro atoms. The highest BCUT2D eigenvalue weighted by Crippen LogP contribution is 2.17. The monoisotopic (exact) mass is 351 g/mol. The first-order chi connectivity index (χ1) is 12.1. The highest BCUT2D eigenvalue weighted by Gasteiger charge is 2.24. The summed E-state index contributed by atoms with van der Waals surface area (Å²) in [7, 11) is 1.70. The smallest absolute Gasteiger partial charge is 0.409 e. The molecule has 1 aromatic rings. The van der Waals surface area contributed by atoms with Gasteiger partial charge in [-0.3, -0.25) is 0 Å². The van der Waals surface area contributed by atoms with E-state index in [4.69, 9.17) is 9.47 Å². The van der Waals surface area contributed by atoms with Gasteiger partial charge in [-0.1, -0.05) is 0 Å². The van der Waals surface area contributed by atoms with E-state index in [1.54, 1.807) is 12.0 Å². The van der Waals surface area contributed by atoms with Crippen molar-refractivity contribution in [2.45, 2.75) is 39.2 Å². The van der Waals surface area contributed by atoms with E-state index in [0.29, 0.717) is 25.6 Å². The van der Waals surface area contributed by atoms with E-state index in [2.05, 4.69) is 20.6 Å². The zero-order valence-electron chi connectivity index (χ0n) is 15.4. The van der Waals surface area contributed by atoms with Crippen molar-refractivity contribution in [2.75, 3.05) is 50.6 Å². The van der Waals surface area contributed by atoms with Gasteiger partial charge in [0, 0.05) is 51.2 Å². The molecule has 1 aliphatic rings. The van der Waals surface area contributed by atoms with Crippen LogP contribution in [0.1, 0.15) is 31.9 Å². The van der Waals surface area contributed by atoms with Gasteiger partial charge in [-0.05, 0) is 33.1 Å². The number of ether oxygens (including phenoxy) is 2. The summed E-state index contributed by atoms with van der Waals surface area (Å²) in [6, 6.07) is 2.19. The van der Waals surface area contributed by atoms with Crippen LogP contribution in [0.5, 0.6) is 0 Å². The molecular weight excluding hydrogens is 322 g/mol. The van der Waals surface area contributed by atoms with Gasteiger partial charge in [0.25, 0.3) is 0 Å². The lowest BCUT2D eigenvalue weighted by molar-refractivity contribution is 0.0983. The van der Waals surface area contributed by atoms with Gasteiger partial charge in [-0.25, -0.2) is 9.78 Å². The molecule has 2 N–H and O–H groups in total. The summed E-state index contributed by atoms with van der Waals surface area (Å²) in [5.74, 6) is 1.44. The first-order valence-electron chi connectivity index (χ1n) is 8.89. The van der Waals surface area contributed by atoms with E-state index in [9.17, 15) is 4.79 Å². The fourth-order valence-electron chi connectivity index (χ4n) is 2.76. The average molecular weight is 351 g/mol. The maximum atomic E-state index is 11.7. The molecule has 0 atom stereocenters. The van der Waals surface area contributed by atoms with Crippen LogP contribution in [0.2, 0.25) is 0 Å². The third-order valence-electron chi connectivity index (χ3n) is 4.04. The van der Waals surface area contributed by atoms with E-state index < -0.39 is 0 Å². The minimum atomic E-state index is -0.227. The van der Waals surface area contributed by atoms with Crippen LogP contribution in [0, 0.1) is 6.92 Å². The Morgan fingerprint density at radius 3 is 2.80 bits per heavy atom. The lowest BCUT2D eigenvalue weighted by atomic mass is 10.1. The minimum absolute atomic E-state index is 0.227. The first kappa shape index (κ1) is 19.2. The Kier molecular flexibility index (Phi) is 7.72. The second-order valence-electron chi connectivity index (χ2n) is 6.10. The molecule has 8 heteroatoms. The summed E-state index contributed by atoms with van der Waals surface area (Å²) in [6.07, 6.45) is 2.41. The number of amides is 1. The zero-order valence-corrected chi connectivity index (χ0v) is 15.4. The largest absolute Gasteiger partial charge is 0.450 e. The average Bonchev–Trinajstić information content (AvgIpc) is 2.59. The van der Waals surface area contributed by atoms with Crippen LogP contribution < -0.4 is 10.6 Å². The molecule has 0 aromatic carbocycles. The number of nitrogens with one attached hydrogen (secondary N) is 2. The molecule has 0 saturated carbocycles. The fraction of sp³-hybridized carbons (Fsp3) is 0.706. The molecule has 1 amide bonds. The second kappa shape index (κ2) is 10.0. The molecule has 1 aromatic heterocycles. The summed E-state index contributed by atoms with van der Waals surface area (Å²) >= 11 is 0. The van der Waals surface area contributed by atoms with Crippen molar-refractivity contribution in [3.8, 4) is 0 Å². The fourth-order valence-corrected chi connectivity index (χ4v) is 2.76. The number of piperidine rings is 1. The van der Waals surface area contributed by atoms with Crippen LogP contribution in [0.3, 0.4) is 0 Å². The lowest BCUT2D eigenvalue weighted by Crippen LogP contribution is -2.42. The predicted octanol–water partition coefficient (Wildman–Crippen LogP) is 2.27. The van der Waals surface area contributed by atoms with Crippen LogP contribution in [0.4, 0.5) is 16.6 Å². The molecule has 0 radical (unpaired) electrons. The normalized spacial score (nSPS) is 15.1. The summed E-state index contributed by atoms with van der Waals surface area (Å²) in [5, 5.41) is 6.68. The molecule has 0 bridgehead atoms. The quantitative estimate of drug-likeness (QED) is 0.695. The van der Waals surface area contributed by atoms with Crippen molar-refractivity contribution in [1.29, 1.82) is 0 Å². The van der Waals surface area contributed by atoms with Crippen LogP contribution in [-0.2, 0) is 9.47 Å². The van der Waals surface area contributed by atoms with Crippen LogP contribution >= 0.6 is 0 Å². The number of carbonyl (C=O) groups is 1. The molecule has 1 saturated heterocycles. The van der Waals surface area contributed by atoms with E-state index in [0.717, 1.165) is 43.9 Å². The Hall–Kier alpha value is -2.09. The summed E-state index contributed by atoms with van der Waals surface area (Å²) in [5.41, 5.74) is 0.913. The minimum Gasteiger partial charge on any atom is -0.450 e. The summed E-state index contributed by atoms with van der Waals surface area (Å²) in [4.78, 5) is 22.5. The van der Waals surface area contributed by atoms with E-state index in [1.807, 2.05) is 19.9 Å². The molecule has 140 valence electrons. The van der Waals surface area contributed by atoms with Gasteiger partial charge in [-0.15, -0.1) is 0 Å². The van der Waals surface area contributed by atoms with Gasteiger partial charge < -0.3 is 25.0 Å². The topological polar surface area (TPSA) is 88.6 Å². The van der Waals surface area contributed by atoms with Gasteiger partial charge in [-0.2, -0.15) is 4.98 Å². The van der Waals surface area contributed by atoms with Gasteiger partial charge in [0.15, 0.2) is 0 Å². The van der Waals surface area contributed by atoms with Crippen molar-refractivity contribution in [2.24, 2.45) is 0 Å². The molecule has 8 nitrogen and oxygen atoms in total. The Labute approximate surface area is 149 Å². The maximum absolute atomic E-state index is 11.7. The van der Waals surface area contributed by atoms with Crippen molar-refractivity contribution < 1.29 is 14.3 Å². The third kappa shape index (κ3) is 6.38. The Bertz CT molecular complexity index is 547. The highest BCUT2D eigenvalue weighted by molar-refractivity contribution is 5.67. The number of methoxy groups -OCH3 is 1. The number of aromatic nitrogens is 2. The van der Waals surface area contributed by atoms with Crippen molar-refractivity contribution in [3.63, 3.8) is 0 Å². The van der Waals surface area contributed by atoms with Crippen molar-refractivity contribution in [3.05, 3.63) is 11.8 Å². The number of aryl methyl sites for hydroxylation is 1. The number of rotatable bonds is 8. The maximum Gasteiger partial charge on any atom is 0.409 e. The van der Waals surface area contributed by atoms with Crippen LogP contribution in [0.25, 0.3) is 0 Å². The third-order valence-corrected chi connectivity index (χ3v) is 4.04. The molecule has 0 aliphatic carbocycles. The molecule has 2 heterocycles. The Morgan fingerprint density at radius 1 is 1.36 bits per heavy atom. The summed E-state index contributed by atoms with van der Waals surface area (Å²) < 4.78 is 10.1. The highest BCUT2D eigenvalue weighted by atomic mass is 16.6. The Morgan fingerprint density at radius 2 is 2.12 bits per heavy atom. The van der Waals surface area contributed by atoms with Gasteiger partial charge in [0.05, 0.1) is 6.61 Å². The van der Waals surface area contributed by atoms with E-state index in [1.165, 1.54) is 0 Å². The van der Waals surface area contributed by atoms with Crippen LogP contribution in [0.15, 0.2) is 6.07 Å². The number of anilines is 2. The predicted molar refractivity (Wildman–Crippen MR) is 97.0 cm³/mol. The number of nitrogens with zero attached hydrogens (tertiary/aromatic N) is 3. The first-order valence-corrected chi connectivity index (χ1v) is 8.89. The Balaban J connectivity index is 1.84. The van der Waals surface area contributed by atoms with Gasteiger partial charge in [0.1, 0.15) is 5.82 Å². The SMILES string of the molecule is CCOC(=O)N1CCC(Nc2nc(C)cc(NCCCOC)n2)CC1. The molecule has 2 rings (SSSR count). The van der Waals surface area contributed by atoms with Gasteiger partial charge >= 0.3 is 6.09 Å². The molecule has 1 fully saturated rings. The van der Waals surface area contributed by atoms with Crippen LogP contribution in [-0.4, -0.2) is 67.0 Å². The number of hydrogen-bond donors (Lipinski definition) is 2. The number of carbonyl (C=O) groups excluding carboxylic acids is 1. The van der Waals surface area contributed by atoms with Crippen molar-refractivity contribution >= 4 is 17.9 Å². The van der Waals surface area contributed by atoms with E-state index in [-0.39, 0.29) is 12.1 Å². The lowest BCUT2D eigenvalue weighted by Gasteiger charge is -2.31. The summed E-state index contributed by atoms with van der Waals surface area (Å²) in [6.45, 7) is 7.09. The number of hydrogen-bond acceptors (Lipinski definition) is 7. The van der Waals surface area contributed by atoms with E-state index >= 15 is 0 Å². The zero-order chi connectivity index (χ0) is 18.1.